The van der Waals surface area contributed by atoms with Gasteiger partial charge in [-0.2, -0.15) is 11.8 Å². The Bertz CT molecular complexity index is 155. The first-order valence-electron chi connectivity index (χ1n) is 5.37. The average molecular weight is 184 g/mol. The zero-order chi connectivity index (χ0) is 8.55. The van der Waals surface area contributed by atoms with Gasteiger partial charge in [0, 0.05) is 5.25 Å². The van der Waals surface area contributed by atoms with Crippen LogP contribution in [0.4, 0.5) is 0 Å². The van der Waals surface area contributed by atoms with Crippen molar-refractivity contribution in [1.82, 2.24) is 0 Å². The van der Waals surface area contributed by atoms with Crippen molar-refractivity contribution in [1.29, 1.82) is 0 Å². The third-order valence-corrected chi connectivity index (χ3v) is 4.84. The highest BCUT2D eigenvalue weighted by Gasteiger charge is 2.34. The number of hydrogen-bond donors (Lipinski definition) is 0. The van der Waals surface area contributed by atoms with Gasteiger partial charge >= 0.3 is 0 Å². The lowest BCUT2D eigenvalue weighted by Crippen LogP contribution is -2.08. The highest BCUT2D eigenvalue weighted by Crippen LogP contribution is 2.44. The number of fused-ring (bicyclic) bond motifs is 1. The molecule has 0 aromatic rings. The van der Waals surface area contributed by atoms with E-state index >= 15 is 0 Å². The molecule has 1 saturated carbocycles. The van der Waals surface area contributed by atoms with Gasteiger partial charge in [0.1, 0.15) is 0 Å². The van der Waals surface area contributed by atoms with Crippen molar-refractivity contribution in [2.24, 2.45) is 17.8 Å². The van der Waals surface area contributed by atoms with Gasteiger partial charge in [0.05, 0.1) is 0 Å². The van der Waals surface area contributed by atoms with E-state index in [0.717, 1.165) is 23.0 Å². The fourth-order valence-corrected chi connectivity index (χ4v) is 4.30. The summed E-state index contributed by atoms with van der Waals surface area (Å²) in [6.45, 7) is 4.85. The van der Waals surface area contributed by atoms with Crippen LogP contribution < -0.4 is 0 Å². The molecule has 4 atom stereocenters. The molecule has 0 aromatic heterocycles. The molecule has 1 heteroatoms. The second-order valence-electron chi connectivity index (χ2n) is 4.80. The van der Waals surface area contributed by atoms with E-state index in [1.165, 1.54) is 31.4 Å². The fourth-order valence-electron chi connectivity index (χ4n) is 3.07. The summed E-state index contributed by atoms with van der Waals surface area (Å²) >= 11 is 2.20. The maximum Gasteiger partial charge on any atom is 0.00214 e. The van der Waals surface area contributed by atoms with E-state index in [9.17, 15) is 0 Å². The molecule has 0 aromatic carbocycles. The van der Waals surface area contributed by atoms with Gasteiger partial charge in [-0.05, 0) is 49.2 Å². The third kappa shape index (κ3) is 1.81. The molecule has 0 radical (unpaired) electrons. The lowest BCUT2D eigenvalue weighted by molar-refractivity contribution is 0.365. The minimum Gasteiger partial charge on any atom is -0.159 e. The molecule has 2 rings (SSSR count). The molecule has 4 unspecified atom stereocenters. The van der Waals surface area contributed by atoms with Gasteiger partial charge in [-0.3, -0.25) is 0 Å². The Labute approximate surface area is 80.5 Å². The van der Waals surface area contributed by atoms with Crippen molar-refractivity contribution in [3.8, 4) is 0 Å². The van der Waals surface area contributed by atoms with Crippen molar-refractivity contribution in [2.75, 3.05) is 5.75 Å². The molecular weight excluding hydrogens is 164 g/mol. The van der Waals surface area contributed by atoms with Crippen LogP contribution in [0.2, 0.25) is 0 Å². The molecular formula is C11H20S. The van der Waals surface area contributed by atoms with E-state index in [2.05, 4.69) is 25.6 Å². The molecule has 0 amide bonds. The highest BCUT2D eigenvalue weighted by molar-refractivity contribution is 7.99. The van der Waals surface area contributed by atoms with E-state index in [0.29, 0.717) is 0 Å². The van der Waals surface area contributed by atoms with Gasteiger partial charge in [0.15, 0.2) is 0 Å². The second-order valence-corrected chi connectivity index (χ2v) is 6.35. The van der Waals surface area contributed by atoms with Crippen LogP contribution in [0.15, 0.2) is 0 Å². The molecule has 0 nitrogen and oxygen atoms in total. The largest absolute Gasteiger partial charge is 0.159 e. The summed E-state index contributed by atoms with van der Waals surface area (Å²) in [6.07, 6.45) is 6.05. The lowest BCUT2D eigenvalue weighted by atomic mass is 9.90. The van der Waals surface area contributed by atoms with E-state index in [1.807, 2.05) is 0 Å². The molecule has 1 aliphatic carbocycles. The predicted molar refractivity (Wildman–Crippen MR) is 56.5 cm³/mol. The van der Waals surface area contributed by atoms with Crippen molar-refractivity contribution < 1.29 is 0 Å². The summed E-state index contributed by atoms with van der Waals surface area (Å²) < 4.78 is 0. The summed E-state index contributed by atoms with van der Waals surface area (Å²) in [7, 11) is 0. The number of hydrogen-bond acceptors (Lipinski definition) is 1. The van der Waals surface area contributed by atoms with Gasteiger partial charge in [-0.25, -0.2) is 0 Å². The van der Waals surface area contributed by atoms with Crippen LogP contribution in [-0.4, -0.2) is 11.0 Å². The van der Waals surface area contributed by atoms with Crippen LogP contribution in [0.3, 0.4) is 0 Å². The van der Waals surface area contributed by atoms with Gasteiger partial charge in [0.2, 0.25) is 0 Å². The zero-order valence-electron chi connectivity index (χ0n) is 8.25. The maximum absolute atomic E-state index is 2.44. The van der Waals surface area contributed by atoms with Gasteiger partial charge in [0.25, 0.3) is 0 Å². The monoisotopic (exact) mass is 184 g/mol. The van der Waals surface area contributed by atoms with E-state index < -0.39 is 0 Å². The van der Waals surface area contributed by atoms with Crippen LogP contribution in [0.1, 0.15) is 39.5 Å². The Morgan fingerprint density at radius 1 is 1.00 bits per heavy atom. The first-order valence-corrected chi connectivity index (χ1v) is 6.42. The smallest absolute Gasteiger partial charge is 0.00214 e. The third-order valence-electron chi connectivity index (χ3n) is 3.60. The molecule has 1 aliphatic heterocycles. The molecule has 12 heavy (non-hydrogen) atoms. The lowest BCUT2D eigenvalue weighted by Gasteiger charge is -2.16. The standard InChI is InChI=1S/C11H20S/c1-8-5-10-3-4-12-9(2)7-11(10)6-8/h8-11H,3-7H2,1-2H3. The Kier molecular flexibility index (Phi) is 2.69. The molecule has 0 spiro atoms. The molecule has 0 bridgehead atoms. The molecule has 70 valence electrons. The number of rotatable bonds is 0. The van der Waals surface area contributed by atoms with Crippen LogP contribution in [0.5, 0.6) is 0 Å². The Balaban J connectivity index is 1.99. The quantitative estimate of drug-likeness (QED) is 0.554. The van der Waals surface area contributed by atoms with Gasteiger partial charge in [-0.15, -0.1) is 0 Å². The first kappa shape index (κ1) is 8.93. The Hall–Kier alpha value is 0.350. The van der Waals surface area contributed by atoms with Crippen LogP contribution in [-0.2, 0) is 0 Å². The summed E-state index contributed by atoms with van der Waals surface area (Å²) in [5, 5.41) is 0.935. The topological polar surface area (TPSA) is 0 Å². The Morgan fingerprint density at radius 3 is 2.58 bits per heavy atom. The Morgan fingerprint density at radius 2 is 1.75 bits per heavy atom. The SMILES string of the molecule is CC1CC2CCSC(C)CC2C1. The molecule has 1 saturated heterocycles. The average Bonchev–Trinajstić information content (AvgIpc) is 2.23. The van der Waals surface area contributed by atoms with Crippen molar-refractivity contribution in [3.05, 3.63) is 0 Å². The van der Waals surface area contributed by atoms with Crippen molar-refractivity contribution in [3.63, 3.8) is 0 Å². The molecule has 1 heterocycles. The van der Waals surface area contributed by atoms with Crippen molar-refractivity contribution >= 4 is 11.8 Å². The first-order chi connectivity index (χ1) is 5.75. The van der Waals surface area contributed by atoms with Crippen LogP contribution >= 0.6 is 11.8 Å². The summed E-state index contributed by atoms with van der Waals surface area (Å²) in [5.74, 6) is 4.63. The van der Waals surface area contributed by atoms with E-state index in [1.54, 1.807) is 0 Å². The summed E-state index contributed by atoms with van der Waals surface area (Å²) in [5.41, 5.74) is 0. The van der Waals surface area contributed by atoms with Crippen LogP contribution in [0, 0.1) is 17.8 Å². The second kappa shape index (κ2) is 3.61. The molecule has 2 aliphatic rings. The minimum atomic E-state index is 0.935. The zero-order valence-corrected chi connectivity index (χ0v) is 9.07. The fraction of sp³-hybridized carbons (Fsp3) is 1.00. The maximum atomic E-state index is 2.44. The molecule has 2 fully saturated rings. The highest BCUT2D eigenvalue weighted by atomic mass is 32.2. The summed E-state index contributed by atoms with van der Waals surface area (Å²) in [4.78, 5) is 0. The van der Waals surface area contributed by atoms with E-state index in [4.69, 9.17) is 0 Å². The summed E-state index contributed by atoms with van der Waals surface area (Å²) in [6, 6.07) is 0. The van der Waals surface area contributed by atoms with Crippen molar-refractivity contribution in [2.45, 2.75) is 44.8 Å². The van der Waals surface area contributed by atoms with Crippen LogP contribution in [0.25, 0.3) is 0 Å². The van der Waals surface area contributed by atoms with Gasteiger partial charge < -0.3 is 0 Å². The predicted octanol–water partition coefficient (Wildman–Crippen LogP) is 3.56. The van der Waals surface area contributed by atoms with E-state index in [-0.39, 0.29) is 0 Å². The molecule has 0 N–H and O–H groups in total. The van der Waals surface area contributed by atoms with Gasteiger partial charge in [-0.1, -0.05) is 13.8 Å². The normalized spacial score (nSPS) is 48.5. The minimum absolute atomic E-state index is 0.935. The number of thioether (sulfide) groups is 1.